The van der Waals surface area contributed by atoms with Crippen molar-refractivity contribution in [2.75, 3.05) is 19.8 Å². The molecule has 0 atom stereocenters. The number of rotatable bonds is 8. The summed E-state index contributed by atoms with van der Waals surface area (Å²) in [6.45, 7) is 1.97. The minimum Gasteiger partial charge on any atom is -0.480 e. The molecule has 2 fully saturated rings. The average molecular weight is 270 g/mol. The van der Waals surface area contributed by atoms with Crippen LogP contribution >= 0.6 is 0 Å². The number of carbonyl (C=O) groups is 2. The summed E-state index contributed by atoms with van der Waals surface area (Å²) in [4.78, 5) is 22.6. The molecule has 2 amide bonds. The Hall–Kier alpha value is -1.30. The van der Waals surface area contributed by atoms with E-state index in [9.17, 15) is 9.59 Å². The van der Waals surface area contributed by atoms with E-state index in [4.69, 9.17) is 9.84 Å². The van der Waals surface area contributed by atoms with E-state index < -0.39 is 17.5 Å². The molecule has 19 heavy (non-hydrogen) atoms. The van der Waals surface area contributed by atoms with Gasteiger partial charge in [-0.15, -0.1) is 0 Å². The van der Waals surface area contributed by atoms with E-state index in [1.807, 2.05) is 0 Å². The molecule has 0 unspecified atom stereocenters. The van der Waals surface area contributed by atoms with E-state index in [0.29, 0.717) is 26.0 Å². The molecule has 2 aliphatic carbocycles. The second kappa shape index (κ2) is 6.23. The van der Waals surface area contributed by atoms with Gasteiger partial charge in [0.05, 0.1) is 0 Å². The molecule has 2 rings (SSSR count). The van der Waals surface area contributed by atoms with Gasteiger partial charge in [-0.1, -0.05) is 0 Å². The molecule has 3 N–H and O–H groups in total. The van der Waals surface area contributed by atoms with Crippen molar-refractivity contribution < 1.29 is 19.4 Å². The van der Waals surface area contributed by atoms with Crippen LogP contribution < -0.4 is 10.6 Å². The summed E-state index contributed by atoms with van der Waals surface area (Å²) >= 11 is 0. The van der Waals surface area contributed by atoms with E-state index in [1.165, 1.54) is 12.8 Å². The van der Waals surface area contributed by atoms with Gasteiger partial charge in [0.15, 0.2) is 0 Å². The number of carboxylic acids is 1. The first-order valence-corrected chi connectivity index (χ1v) is 6.99. The number of urea groups is 1. The molecular weight excluding hydrogens is 248 g/mol. The van der Waals surface area contributed by atoms with Crippen LogP contribution in [-0.4, -0.2) is 42.4 Å². The Balaban J connectivity index is 1.52. The Labute approximate surface area is 112 Å². The molecule has 6 nitrogen and oxygen atoms in total. The van der Waals surface area contributed by atoms with Crippen molar-refractivity contribution in [1.82, 2.24) is 10.6 Å². The smallest absolute Gasteiger partial charge is 0.329 e. The fraction of sp³-hybridized carbons (Fsp3) is 0.846. The van der Waals surface area contributed by atoms with Crippen LogP contribution in [0.3, 0.4) is 0 Å². The molecule has 108 valence electrons. The zero-order valence-corrected chi connectivity index (χ0v) is 11.1. The Morgan fingerprint density at radius 3 is 2.58 bits per heavy atom. The second-order valence-electron chi connectivity index (χ2n) is 5.49. The molecule has 2 aliphatic rings. The summed E-state index contributed by atoms with van der Waals surface area (Å²) in [5, 5.41) is 14.3. The molecule has 0 heterocycles. The number of hydrogen-bond acceptors (Lipinski definition) is 3. The van der Waals surface area contributed by atoms with Crippen LogP contribution in [0.2, 0.25) is 0 Å². The molecular formula is C13H22N2O4. The predicted octanol–water partition coefficient (Wildman–Crippen LogP) is 1.11. The normalized spacial score (nSPS) is 20.4. The topological polar surface area (TPSA) is 87.7 Å². The minimum absolute atomic E-state index is 0.399. The monoisotopic (exact) mass is 270 g/mol. The molecule has 0 aromatic heterocycles. The van der Waals surface area contributed by atoms with Crippen molar-refractivity contribution >= 4 is 12.0 Å². The van der Waals surface area contributed by atoms with Crippen molar-refractivity contribution in [3.8, 4) is 0 Å². The average Bonchev–Trinajstić information content (AvgIpc) is 3.11. The van der Waals surface area contributed by atoms with Gasteiger partial charge < -0.3 is 20.5 Å². The van der Waals surface area contributed by atoms with Gasteiger partial charge in [0.25, 0.3) is 0 Å². The number of nitrogens with one attached hydrogen (secondary N) is 2. The van der Waals surface area contributed by atoms with E-state index >= 15 is 0 Å². The van der Waals surface area contributed by atoms with Gasteiger partial charge in [0.2, 0.25) is 0 Å². The number of carbonyl (C=O) groups excluding carboxylic acids is 1. The summed E-state index contributed by atoms with van der Waals surface area (Å²) in [5.74, 6) is -0.188. The molecule has 0 aromatic rings. The van der Waals surface area contributed by atoms with E-state index in [-0.39, 0.29) is 0 Å². The minimum atomic E-state index is -1.04. The van der Waals surface area contributed by atoms with Gasteiger partial charge in [0.1, 0.15) is 5.54 Å². The first kappa shape index (κ1) is 14.1. The maximum absolute atomic E-state index is 11.6. The Morgan fingerprint density at radius 1 is 1.32 bits per heavy atom. The Morgan fingerprint density at radius 2 is 2.05 bits per heavy atom. The third-order valence-corrected chi connectivity index (χ3v) is 3.77. The number of carboxylic acid groups (broad SMARTS) is 1. The molecule has 0 aliphatic heterocycles. The summed E-state index contributed by atoms with van der Waals surface area (Å²) in [7, 11) is 0. The van der Waals surface area contributed by atoms with Crippen molar-refractivity contribution in [3.05, 3.63) is 0 Å². The van der Waals surface area contributed by atoms with Gasteiger partial charge >= 0.3 is 12.0 Å². The third-order valence-electron chi connectivity index (χ3n) is 3.77. The van der Waals surface area contributed by atoms with Crippen LogP contribution in [0.4, 0.5) is 4.79 Å². The molecule has 6 heteroatoms. The number of hydrogen-bond donors (Lipinski definition) is 3. The van der Waals surface area contributed by atoms with Gasteiger partial charge in [-0.2, -0.15) is 0 Å². The van der Waals surface area contributed by atoms with E-state index in [1.54, 1.807) is 0 Å². The second-order valence-corrected chi connectivity index (χ2v) is 5.49. The number of amides is 2. The van der Waals surface area contributed by atoms with E-state index in [2.05, 4.69) is 10.6 Å². The first-order chi connectivity index (χ1) is 9.12. The fourth-order valence-corrected chi connectivity index (χ4v) is 2.09. The number of ether oxygens (including phenoxy) is 1. The highest BCUT2D eigenvalue weighted by Gasteiger charge is 2.45. The van der Waals surface area contributed by atoms with Gasteiger partial charge in [-0.3, -0.25) is 0 Å². The summed E-state index contributed by atoms with van der Waals surface area (Å²) < 4.78 is 5.45. The van der Waals surface area contributed by atoms with Crippen LogP contribution in [0, 0.1) is 5.92 Å². The zero-order chi connectivity index (χ0) is 13.7. The maximum Gasteiger partial charge on any atom is 0.329 e. The van der Waals surface area contributed by atoms with Crippen LogP contribution in [0.1, 0.15) is 38.5 Å². The standard InChI is InChI=1S/C13H22N2O4/c16-11(17)13(5-1-6-13)15-12(18)14-7-2-8-19-9-10-3-4-10/h10H,1-9H2,(H,16,17)(H2,14,15,18). The lowest BCUT2D eigenvalue weighted by Crippen LogP contribution is -2.61. The molecule has 0 bridgehead atoms. The predicted molar refractivity (Wildman–Crippen MR) is 68.9 cm³/mol. The van der Waals surface area contributed by atoms with Crippen LogP contribution in [-0.2, 0) is 9.53 Å². The lowest BCUT2D eigenvalue weighted by molar-refractivity contribution is -0.148. The van der Waals surface area contributed by atoms with Gasteiger partial charge in [0, 0.05) is 19.8 Å². The zero-order valence-electron chi connectivity index (χ0n) is 11.1. The fourth-order valence-electron chi connectivity index (χ4n) is 2.09. The molecule has 0 spiro atoms. The van der Waals surface area contributed by atoms with Crippen molar-refractivity contribution in [3.63, 3.8) is 0 Å². The highest BCUT2D eigenvalue weighted by atomic mass is 16.5. The lowest BCUT2D eigenvalue weighted by Gasteiger charge is -2.38. The quantitative estimate of drug-likeness (QED) is 0.576. The lowest BCUT2D eigenvalue weighted by atomic mass is 9.77. The summed E-state index contributed by atoms with van der Waals surface area (Å²) in [6, 6.07) is -0.399. The number of aliphatic carboxylic acids is 1. The Bertz CT molecular complexity index is 338. The van der Waals surface area contributed by atoms with E-state index in [0.717, 1.165) is 25.4 Å². The summed E-state index contributed by atoms with van der Waals surface area (Å²) in [6.07, 6.45) is 5.18. The van der Waals surface area contributed by atoms with Gasteiger partial charge in [-0.05, 0) is 44.4 Å². The van der Waals surface area contributed by atoms with Crippen LogP contribution in [0.5, 0.6) is 0 Å². The highest BCUT2D eigenvalue weighted by Crippen LogP contribution is 2.31. The molecule has 0 aromatic carbocycles. The molecule has 0 radical (unpaired) electrons. The van der Waals surface area contributed by atoms with Crippen molar-refractivity contribution in [2.45, 2.75) is 44.1 Å². The van der Waals surface area contributed by atoms with Crippen LogP contribution in [0.15, 0.2) is 0 Å². The third kappa shape index (κ3) is 4.09. The maximum atomic E-state index is 11.6. The van der Waals surface area contributed by atoms with Crippen molar-refractivity contribution in [1.29, 1.82) is 0 Å². The molecule has 0 saturated heterocycles. The summed E-state index contributed by atoms with van der Waals surface area (Å²) in [5.41, 5.74) is -1.04. The van der Waals surface area contributed by atoms with Crippen molar-refractivity contribution in [2.24, 2.45) is 5.92 Å². The molecule has 2 saturated carbocycles. The SMILES string of the molecule is O=C(NCCCOCC1CC1)NC1(C(=O)O)CCC1. The van der Waals surface area contributed by atoms with Gasteiger partial charge in [-0.25, -0.2) is 9.59 Å². The first-order valence-electron chi connectivity index (χ1n) is 6.99. The Kier molecular flexibility index (Phi) is 4.63. The largest absolute Gasteiger partial charge is 0.480 e. The van der Waals surface area contributed by atoms with Crippen LogP contribution in [0.25, 0.3) is 0 Å². The highest BCUT2D eigenvalue weighted by molar-refractivity contribution is 5.87.